The van der Waals surface area contributed by atoms with Gasteiger partial charge in [-0.25, -0.2) is 0 Å². The molecule has 3 atom stereocenters. The number of nitrogens with zero attached hydrogens (tertiary/aromatic N) is 2. The Balaban J connectivity index is 1.88. The molecule has 24 heavy (non-hydrogen) atoms. The van der Waals surface area contributed by atoms with Gasteiger partial charge in [0.1, 0.15) is 5.70 Å². The van der Waals surface area contributed by atoms with Crippen molar-refractivity contribution in [3.8, 4) is 0 Å². The highest BCUT2D eigenvalue weighted by Crippen LogP contribution is 2.46. The highest BCUT2D eigenvalue weighted by atomic mass is 32.2. The zero-order valence-corrected chi connectivity index (χ0v) is 14.4. The molecule has 1 amide bonds. The van der Waals surface area contributed by atoms with Crippen LogP contribution in [0.1, 0.15) is 33.1 Å². The lowest BCUT2D eigenvalue weighted by Crippen LogP contribution is -2.52. The SMILES string of the molecule is CCC1CCC1N1C(C(N)=O)=C(C)SC1Nc1cc(F)nc(F)c1. The first kappa shape index (κ1) is 17.0. The summed E-state index contributed by atoms with van der Waals surface area (Å²) in [5.41, 5.74) is 6.03. The van der Waals surface area contributed by atoms with Crippen LogP contribution in [0.25, 0.3) is 0 Å². The van der Waals surface area contributed by atoms with Gasteiger partial charge in [-0.3, -0.25) is 4.79 Å². The predicted octanol–water partition coefficient (Wildman–Crippen LogP) is 3.01. The first-order valence-corrected chi connectivity index (χ1v) is 8.84. The summed E-state index contributed by atoms with van der Waals surface area (Å²) in [5, 5.41) is 3.10. The Morgan fingerprint density at radius 2 is 2.08 bits per heavy atom. The Labute approximate surface area is 143 Å². The number of allylic oxidation sites excluding steroid dienone is 1. The first-order valence-electron chi connectivity index (χ1n) is 7.96. The van der Waals surface area contributed by atoms with E-state index >= 15 is 0 Å². The van der Waals surface area contributed by atoms with Gasteiger partial charge in [-0.2, -0.15) is 13.8 Å². The number of primary amides is 1. The predicted molar refractivity (Wildman–Crippen MR) is 89.7 cm³/mol. The van der Waals surface area contributed by atoms with Crippen LogP contribution in [-0.2, 0) is 4.79 Å². The Morgan fingerprint density at radius 1 is 1.42 bits per heavy atom. The third-order valence-corrected chi connectivity index (χ3v) is 5.79. The summed E-state index contributed by atoms with van der Waals surface area (Å²) in [4.78, 5) is 17.8. The molecule has 1 aliphatic carbocycles. The summed E-state index contributed by atoms with van der Waals surface area (Å²) in [6.45, 7) is 3.96. The van der Waals surface area contributed by atoms with E-state index in [9.17, 15) is 13.6 Å². The van der Waals surface area contributed by atoms with Crippen LogP contribution in [0, 0.1) is 17.8 Å². The fraction of sp³-hybridized carbons (Fsp3) is 0.500. The summed E-state index contributed by atoms with van der Waals surface area (Å²) in [5.74, 6) is -1.76. The minimum absolute atomic E-state index is 0.205. The van der Waals surface area contributed by atoms with Gasteiger partial charge in [0.2, 0.25) is 11.9 Å². The van der Waals surface area contributed by atoms with E-state index in [4.69, 9.17) is 5.73 Å². The number of nitrogens with one attached hydrogen (secondary N) is 1. The minimum atomic E-state index is -0.887. The Bertz CT molecular complexity index is 674. The molecule has 2 aliphatic rings. The molecule has 3 N–H and O–H groups in total. The lowest BCUT2D eigenvalue weighted by atomic mass is 9.76. The van der Waals surface area contributed by atoms with Crippen LogP contribution in [-0.4, -0.2) is 27.3 Å². The Kier molecular flexibility index (Phi) is 4.67. The van der Waals surface area contributed by atoms with E-state index in [2.05, 4.69) is 17.2 Å². The van der Waals surface area contributed by atoms with Crippen molar-refractivity contribution in [1.82, 2.24) is 9.88 Å². The smallest absolute Gasteiger partial charge is 0.265 e. The average Bonchev–Trinajstić information content (AvgIpc) is 2.73. The second kappa shape index (κ2) is 6.58. The Hall–Kier alpha value is -1.83. The number of anilines is 1. The van der Waals surface area contributed by atoms with Gasteiger partial charge in [-0.1, -0.05) is 25.1 Å². The van der Waals surface area contributed by atoms with Crippen molar-refractivity contribution in [3.05, 3.63) is 34.6 Å². The quantitative estimate of drug-likeness (QED) is 0.796. The maximum Gasteiger partial charge on any atom is 0.265 e. The average molecular weight is 354 g/mol. The fourth-order valence-corrected chi connectivity index (χ4v) is 4.63. The van der Waals surface area contributed by atoms with Crippen LogP contribution >= 0.6 is 11.8 Å². The summed E-state index contributed by atoms with van der Waals surface area (Å²) >= 11 is 1.44. The standard InChI is InChI=1S/C16H20F2N4OS/c1-3-9-4-5-11(9)22-14(15(19)23)8(2)24-16(22)20-10-6-12(17)21-13(18)7-10/h6-7,9,11,16H,3-5H2,1-2H3,(H2,19,23)(H,20,21). The van der Waals surface area contributed by atoms with E-state index in [1.807, 2.05) is 11.8 Å². The molecule has 0 saturated heterocycles. The number of thioether (sulfide) groups is 1. The van der Waals surface area contributed by atoms with Crippen molar-refractivity contribution in [2.45, 2.75) is 44.6 Å². The van der Waals surface area contributed by atoms with Crippen LogP contribution in [0.15, 0.2) is 22.7 Å². The fourth-order valence-electron chi connectivity index (χ4n) is 3.40. The number of nitrogens with two attached hydrogens (primary N) is 1. The molecule has 1 fully saturated rings. The molecule has 0 aromatic carbocycles. The third kappa shape index (κ3) is 3.07. The normalized spacial score (nSPS) is 26.5. The molecule has 1 aromatic heterocycles. The van der Waals surface area contributed by atoms with Crippen molar-refractivity contribution in [3.63, 3.8) is 0 Å². The molecule has 5 nitrogen and oxygen atoms in total. The van der Waals surface area contributed by atoms with Gasteiger partial charge in [0.25, 0.3) is 5.91 Å². The van der Waals surface area contributed by atoms with Crippen molar-refractivity contribution >= 4 is 23.4 Å². The second-order valence-electron chi connectivity index (χ2n) is 6.11. The van der Waals surface area contributed by atoms with E-state index in [-0.39, 0.29) is 17.2 Å². The maximum absolute atomic E-state index is 13.3. The van der Waals surface area contributed by atoms with E-state index < -0.39 is 17.8 Å². The van der Waals surface area contributed by atoms with Crippen LogP contribution < -0.4 is 11.1 Å². The van der Waals surface area contributed by atoms with Gasteiger partial charge < -0.3 is 16.0 Å². The molecule has 1 aliphatic heterocycles. The number of rotatable bonds is 5. The number of aromatic nitrogens is 1. The molecule has 8 heteroatoms. The zero-order valence-electron chi connectivity index (χ0n) is 13.6. The molecular weight excluding hydrogens is 334 g/mol. The van der Waals surface area contributed by atoms with Crippen LogP contribution in [0.3, 0.4) is 0 Å². The molecule has 0 radical (unpaired) electrons. The van der Waals surface area contributed by atoms with Gasteiger partial charge in [0.05, 0.1) is 0 Å². The van der Waals surface area contributed by atoms with E-state index in [0.717, 1.165) is 36.3 Å². The van der Waals surface area contributed by atoms with Crippen molar-refractivity contribution in [2.75, 3.05) is 5.32 Å². The van der Waals surface area contributed by atoms with Gasteiger partial charge >= 0.3 is 0 Å². The molecular formula is C16H20F2N4OS. The maximum atomic E-state index is 13.3. The van der Waals surface area contributed by atoms with E-state index in [1.54, 1.807) is 0 Å². The molecule has 1 aromatic rings. The van der Waals surface area contributed by atoms with Gasteiger partial charge in [0.15, 0.2) is 5.50 Å². The topological polar surface area (TPSA) is 71.2 Å². The summed E-state index contributed by atoms with van der Waals surface area (Å²) in [6, 6.07) is 2.48. The van der Waals surface area contributed by atoms with E-state index in [0.29, 0.717) is 11.6 Å². The van der Waals surface area contributed by atoms with Gasteiger partial charge in [-0.05, 0) is 25.7 Å². The molecule has 2 heterocycles. The molecule has 0 bridgehead atoms. The first-order chi connectivity index (χ1) is 11.4. The van der Waals surface area contributed by atoms with E-state index in [1.165, 1.54) is 11.8 Å². The molecule has 3 rings (SSSR count). The van der Waals surface area contributed by atoms with Crippen LogP contribution in [0.5, 0.6) is 0 Å². The van der Waals surface area contributed by atoms with Crippen molar-refractivity contribution < 1.29 is 13.6 Å². The number of hydrogen-bond acceptors (Lipinski definition) is 5. The number of pyridine rings is 1. The summed E-state index contributed by atoms with van der Waals surface area (Å²) < 4.78 is 26.7. The Morgan fingerprint density at radius 3 is 2.58 bits per heavy atom. The number of carbonyl (C=O) groups excluding carboxylic acids is 1. The minimum Gasteiger partial charge on any atom is -0.364 e. The molecule has 130 valence electrons. The molecule has 3 unspecified atom stereocenters. The number of carbonyl (C=O) groups is 1. The lowest BCUT2D eigenvalue weighted by Gasteiger charge is -2.46. The summed E-state index contributed by atoms with van der Waals surface area (Å²) in [6.07, 6.45) is 3.10. The lowest BCUT2D eigenvalue weighted by molar-refractivity contribution is -0.117. The van der Waals surface area contributed by atoms with Crippen LogP contribution in [0.2, 0.25) is 0 Å². The number of halogens is 2. The number of amides is 1. The zero-order chi connectivity index (χ0) is 17.4. The molecule has 1 saturated carbocycles. The largest absolute Gasteiger partial charge is 0.364 e. The van der Waals surface area contributed by atoms with Gasteiger partial charge in [-0.15, -0.1) is 0 Å². The monoisotopic (exact) mass is 354 g/mol. The van der Waals surface area contributed by atoms with Crippen molar-refractivity contribution in [1.29, 1.82) is 0 Å². The molecule has 0 spiro atoms. The van der Waals surface area contributed by atoms with Crippen molar-refractivity contribution in [2.24, 2.45) is 11.7 Å². The second-order valence-corrected chi connectivity index (χ2v) is 7.40. The highest BCUT2D eigenvalue weighted by Gasteiger charge is 2.44. The van der Waals surface area contributed by atoms with Crippen LogP contribution in [0.4, 0.5) is 14.5 Å². The number of hydrogen-bond donors (Lipinski definition) is 2. The third-order valence-electron chi connectivity index (χ3n) is 4.68. The summed E-state index contributed by atoms with van der Waals surface area (Å²) in [7, 11) is 0. The highest BCUT2D eigenvalue weighted by molar-refractivity contribution is 8.04. The van der Waals surface area contributed by atoms with Gasteiger partial charge in [0, 0.05) is 28.8 Å².